The van der Waals surface area contributed by atoms with Crippen molar-refractivity contribution in [3.8, 4) is 11.3 Å². The Morgan fingerprint density at radius 2 is 1.83 bits per heavy atom. The summed E-state index contributed by atoms with van der Waals surface area (Å²) in [5.74, 6) is 0.00350. The molecule has 0 saturated carbocycles. The fourth-order valence-electron chi connectivity index (χ4n) is 4.43. The second-order valence-electron chi connectivity index (χ2n) is 9.41. The van der Waals surface area contributed by atoms with Crippen LogP contribution in [0.2, 0.25) is 5.15 Å². The summed E-state index contributed by atoms with van der Waals surface area (Å²) in [5, 5.41) is 8.92. The number of rotatable bonds is 5. The Bertz CT molecular complexity index is 1370. The number of carbonyl (C=O) groups is 1. The molecule has 0 aliphatic carbocycles. The second-order valence-corrected chi connectivity index (χ2v) is 9.80. The number of pyridine rings is 1. The molecule has 0 atom stereocenters. The van der Waals surface area contributed by atoms with E-state index in [2.05, 4.69) is 27.2 Å². The fraction of sp³-hybridized carbons (Fsp3) is 0.375. The number of piperazine rings is 1. The number of ether oxygens (including phenoxy) is 1. The maximum Gasteiger partial charge on any atom is 0.300 e. The van der Waals surface area contributed by atoms with E-state index < -0.39 is 0 Å². The van der Waals surface area contributed by atoms with Crippen LogP contribution in [0.3, 0.4) is 0 Å². The summed E-state index contributed by atoms with van der Waals surface area (Å²) in [6.07, 6.45) is 1.94. The summed E-state index contributed by atoms with van der Waals surface area (Å²) >= 11 is 5.94. The Morgan fingerprint density at radius 3 is 2.54 bits per heavy atom. The van der Waals surface area contributed by atoms with Gasteiger partial charge in [-0.3, -0.25) is 9.48 Å². The lowest BCUT2D eigenvalue weighted by Gasteiger charge is -2.37. The molecule has 3 aromatic heterocycles. The Balaban J connectivity index is 1.08. The first-order valence-electron chi connectivity index (χ1n) is 11.5. The van der Waals surface area contributed by atoms with Gasteiger partial charge in [0.2, 0.25) is 5.65 Å². The minimum absolute atomic E-state index is 0.00350. The molecular weight excluding hydrogens is 470 g/mol. The normalized spacial score (nSPS) is 17.5. The molecule has 2 aliphatic heterocycles. The van der Waals surface area contributed by atoms with Gasteiger partial charge in [-0.25, -0.2) is 4.98 Å². The molecule has 0 bridgehead atoms. The van der Waals surface area contributed by atoms with Crippen molar-refractivity contribution in [2.45, 2.75) is 13.5 Å². The van der Waals surface area contributed by atoms with E-state index in [0.29, 0.717) is 54.1 Å². The van der Waals surface area contributed by atoms with Crippen LogP contribution in [-0.4, -0.2) is 75.2 Å². The van der Waals surface area contributed by atoms with Gasteiger partial charge in [-0.05, 0) is 24.3 Å². The molecule has 10 nitrogen and oxygen atoms in total. The highest BCUT2D eigenvalue weighted by atomic mass is 35.5. The van der Waals surface area contributed by atoms with Crippen LogP contribution in [-0.2, 0) is 11.3 Å². The third kappa shape index (κ3) is 4.35. The van der Waals surface area contributed by atoms with Crippen molar-refractivity contribution in [2.75, 3.05) is 44.3 Å². The number of fused-ring (bicyclic) bond motifs is 1. The quantitative estimate of drug-likeness (QED) is 0.391. The predicted molar refractivity (Wildman–Crippen MR) is 129 cm³/mol. The minimum atomic E-state index is 0.00350. The van der Waals surface area contributed by atoms with Gasteiger partial charge < -0.3 is 19.0 Å². The highest BCUT2D eigenvalue weighted by Gasteiger charge is 2.34. The largest absolute Gasteiger partial charge is 0.422 e. The van der Waals surface area contributed by atoms with Crippen molar-refractivity contribution in [1.29, 1.82) is 0 Å². The van der Waals surface area contributed by atoms with Gasteiger partial charge in [0.15, 0.2) is 5.58 Å². The molecule has 2 aliphatic rings. The average Bonchev–Trinajstić information content (AvgIpc) is 3.49. The molecule has 2 fully saturated rings. The number of halogens is 1. The monoisotopic (exact) mass is 493 g/mol. The molecule has 0 N–H and O–H groups in total. The summed E-state index contributed by atoms with van der Waals surface area (Å²) < 4.78 is 13.0. The average molecular weight is 494 g/mol. The van der Waals surface area contributed by atoms with Crippen LogP contribution < -0.4 is 4.90 Å². The molecule has 1 aromatic carbocycles. The van der Waals surface area contributed by atoms with E-state index in [1.165, 1.54) is 0 Å². The van der Waals surface area contributed by atoms with Crippen molar-refractivity contribution in [3.63, 3.8) is 0 Å². The lowest BCUT2D eigenvalue weighted by molar-refractivity contribution is -0.111. The summed E-state index contributed by atoms with van der Waals surface area (Å²) in [6, 6.07) is 11.5. The number of nitrogens with zero attached hydrogens (tertiary/aromatic N) is 7. The summed E-state index contributed by atoms with van der Waals surface area (Å²) in [5.41, 5.74) is 3.56. The number of hydrogen-bond donors (Lipinski definition) is 0. The standard InChI is InChI=1S/C24H24ClN7O3/c1-24(14-34-15-24)13-32-12-18(28-29-32)16-2-4-17(5-3-16)22(33)30-8-10-31(11-9-30)23-27-21-19(35-23)6-7-20(25)26-21/h2-7,12H,8-11,13-15H2,1H3. The lowest BCUT2D eigenvalue weighted by Crippen LogP contribution is -2.48. The number of aromatic nitrogens is 5. The van der Waals surface area contributed by atoms with Crippen LogP contribution in [0.4, 0.5) is 6.01 Å². The number of oxazole rings is 1. The van der Waals surface area contributed by atoms with E-state index in [0.717, 1.165) is 31.0 Å². The van der Waals surface area contributed by atoms with E-state index in [4.69, 9.17) is 20.8 Å². The van der Waals surface area contributed by atoms with Gasteiger partial charge >= 0.3 is 0 Å². The van der Waals surface area contributed by atoms with Gasteiger partial charge in [-0.2, -0.15) is 4.98 Å². The molecule has 5 heterocycles. The third-order valence-corrected chi connectivity index (χ3v) is 6.67. The van der Waals surface area contributed by atoms with Crippen molar-refractivity contribution in [2.24, 2.45) is 5.41 Å². The van der Waals surface area contributed by atoms with E-state index in [9.17, 15) is 4.79 Å². The van der Waals surface area contributed by atoms with Gasteiger partial charge in [0.1, 0.15) is 10.8 Å². The SMILES string of the molecule is CC1(Cn2cc(-c3ccc(C(=O)N4CCN(c5nc6nc(Cl)ccc6o5)CC4)cc3)nn2)COC1. The number of carbonyl (C=O) groups excluding carboxylic acids is 1. The van der Waals surface area contributed by atoms with Crippen LogP contribution >= 0.6 is 11.6 Å². The zero-order valence-electron chi connectivity index (χ0n) is 19.2. The predicted octanol–water partition coefficient (Wildman–Crippen LogP) is 3.13. The number of hydrogen-bond acceptors (Lipinski definition) is 8. The number of amides is 1. The molecule has 0 unspecified atom stereocenters. The molecule has 2 saturated heterocycles. The molecular formula is C24H24ClN7O3. The van der Waals surface area contributed by atoms with E-state index in [1.807, 2.05) is 44.9 Å². The Labute approximate surface area is 206 Å². The summed E-state index contributed by atoms with van der Waals surface area (Å²) in [7, 11) is 0. The first kappa shape index (κ1) is 22.0. The molecule has 6 rings (SSSR count). The second kappa shape index (κ2) is 8.62. The van der Waals surface area contributed by atoms with Crippen LogP contribution in [0, 0.1) is 5.41 Å². The van der Waals surface area contributed by atoms with Crippen LogP contribution in [0.1, 0.15) is 17.3 Å². The van der Waals surface area contributed by atoms with Crippen LogP contribution in [0.25, 0.3) is 22.5 Å². The van der Waals surface area contributed by atoms with Crippen LogP contribution in [0.5, 0.6) is 0 Å². The number of anilines is 1. The summed E-state index contributed by atoms with van der Waals surface area (Å²) in [4.78, 5) is 25.5. The fourth-order valence-corrected chi connectivity index (χ4v) is 4.57. The van der Waals surface area contributed by atoms with Crippen molar-refractivity contribution in [3.05, 3.63) is 53.3 Å². The van der Waals surface area contributed by atoms with Gasteiger partial charge in [0.05, 0.1) is 26.0 Å². The van der Waals surface area contributed by atoms with Gasteiger partial charge in [-0.15, -0.1) is 5.10 Å². The summed E-state index contributed by atoms with van der Waals surface area (Å²) in [6.45, 7) is 6.83. The van der Waals surface area contributed by atoms with E-state index in [1.54, 1.807) is 12.1 Å². The lowest BCUT2D eigenvalue weighted by atomic mass is 9.89. The van der Waals surface area contributed by atoms with Crippen molar-refractivity contribution in [1.82, 2.24) is 29.9 Å². The van der Waals surface area contributed by atoms with Crippen molar-refractivity contribution >= 4 is 34.8 Å². The van der Waals surface area contributed by atoms with Gasteiger partial charge in [0.25, 0.3) is 11.9 Å². The zero-order chi connectivity index (χ0) is 24.0. The first-order chi connectivity index (χ1) is 17.0. The van der Waals surface area contributed by atoms with E-state index >= 15 is 0 Å². The molecule has 4 aromatic rings. The Hall–Kier alpha value is -3.50. The molecule has 35 heavy (non-hydrogen) atoms. The highest BCUT2D eigenvalue weighted by Crippen LogP contribution is 2.29. The molecule has 0 radical (unpaired) electrons. The molecule has 180 valence electrons. The molecule has 11 heteroatoms. The van der Waals surface area contributed by atoms with Crippen LogP contribution in [0.15, 0.2) is 47.0 Å². The maximum absolute atomic E-state index is 13.1. The van der Waals surface area contributed by atoms with Gasteiger partial charge in [0, 0.05) is 42.7 Å². The minimum Gasteiger partial charge on any atom is -0.422 e. The van der Waals surface area contributed by atoms with Crippen molar-refractivity contribution < 1.29 is 13.9 Å². The van der Waals surface area contributed by atoms with Gasteiger partial charge in [-0.1, -0.05) is 35.9 Å². The topological polar surface area (TPSA) is 102 Å². The third-order valence-electron chi connectivity index (χ3n) is 6.46. The Morgan fingerprint density at radius 1 is 1.06 bits per heavy atom. The molecule has 1 amide bonds. The smallest absolute Gasteiger partial charge is 0.300 e. The number of benzene rings is 1. The molecule has 0 spiro atoms. The Kier molecular flexibility index (Phi) is 5.42. The van der Waals surface area contributed by atoms with E-state index in [-0.39, 0.29) is 11.3 Å². The maximum atomic E-state index is 13.1. The first-order valence-corrected chi connectivity index (χ1v) is 11.9. The highest BCUT2D eigenvalue weighted by molar-refractivity contribution is 6.29. The zero-order valence-corrected chi connectivity index (χ0v) is 20.0.